The van der Waals surface area contributed by atoms with Crippen LogP contribution in [0.3, 0.4) is 0 Å². The van der Waals surface area contributed by atoms with Gasteiger partial charge in [0.1, 0.15) is 0 Å². The van der Waals surface area contributed by atoms with E-state index < -0.39 is 0 Å². The minimum absolute atomic E-state index is 0.558. The normalized spacial score (nSPS) is 13.8. The SMILES string of the molecule is CC1c2ccccc2-c2ccccc21. The lowest BCUT2D eigenvalue weighted by Gasteiger charge is -2.04. The highest BCUT2D eigenvalue weighted by molar-refractivity contribution is 5.78. The molecule has 14 heavy (non-hydrogen) atoms. The van der Waals surface area contributed by atoms with Crippen LogP contribution in [0.15, 0.2) is 48.5 Å². The zero-order valence-corrected chi connectivity index (χ0v) is 8.20. The molecule has 0 fully saturated rings. The van der Waals surface area contributed by atoms with Crippen molar-refractivity contribution < 1.29 is 0 Å². The van der Waals surface area contributed by atoms with Crippen molar-refractivity contribution in [2.45, 2.75) is 12.8 Å². The van der Waals surface area contributed by atoms with E-state index in [1.807, 2.05) is 0 Å². The Morgan fingerprint density at radius 1 is 0.714 bits per heavy atom. The molecular weight excluding hydrogens is 168 g/mol. The second-order valence-corrected chi connectivity index (χ2v) is 3.90. The number of hydrogen-bond acceptors (Lipinski definition) is 0. The molecule has 0 saturated carbocycles. The quantitative estimate of drug-likeness (QED) is 0.578. The van der Waals surface area contributed by atoms with Gasteiger partial charge >= 0.3 is 0 Å². The Kier molecular flexibility index (Phi) is 1.51. The highest BCUT2D eigenvalue weighted by atomic mass is 14.3. The van der Waals surface area contributed by atoms with Crippen molar-refractivity contribution in [1.82, 2.24) is 0 Å². The monoisotopic (exact) mass is 180 g/mol. The van der Waals surface area contributed by atoms with Crippen molar-refractivity contribution in [3.8, 4) is 11.1 Å². The molecule has 0 heterocycles. The van der Waals surface area contributed by atoms with Crippen LogP contribution in [0, 0.1) is 0 Å². The van der Waals surface area contributed by atoms with E-state index in [9.17, 15) is 0 Å². The molecule has 1 aliphatic carbocycles. The zero-order valence-electron chi connectivity index (χ0n) is 8.20. The first-order chi connectivity index (χ1) is 6.88. The van der Waals surface area contributed by atoms with E-state index in [4.69, 9.17) is 0 Å². The third-order valence-electron chi connectivity index (χ3n) is 3.14. The second kappa shape index (κ2) is 2.71. The third kappa shape index (κ3) is 0.884. The van der Waals surface area contributed by atoms with Gasteiger partial charge < -0.3 is 0 Å². The predicted molar refractivity (Wildman–Crippen MR) is 59.4 cm³/mol. The summed E-state index contributed by atoms with van der Waals surface area (Å²) in [7, 11) is 0. The van der Waals surface area contributed by atoms with Crippen molar-refractivity contribution in [3.05, 3.63) is 59.7 Å². The summed E-state index contributed by atoms with van der Waals surface area (Å²) in [5.41, 5.74) is 5.76. The maximum atomic E-state index is 2.28. The van der Waals surface area contributed by atoms with Gasteiger partial charge in [0.2, 0.25) is 0 Å². The van der Waals surface area contributed by atoms with E-state index in [1.54, 1.807) is 0 Å². The van der Waals surface area contributed by atoms with Gasteiger partial charge in [-0.3, -0.25) is 0 Å². The Labute approximate surface area is 84.2 Å². The van der Waals surface area contributed by atoms with Crippen LogP contribution in [0.2, 0.25) is 0 Å². The van der Waals surface area contributed by atoms with Crippen molar-refractivity contribution in [2.75, 3.05) is 0 Å². The molecule has 0 heteroatoms. The Bertz CT molecular complexity index is 437. The molecule has 0 aliphatic heterocycles. The summed E-state index contributed by atoms with van der Waals surface area (Å²) < 4.78 is 0. The van der Waals surface area contributed by atoms with Crippen LogP contribution >= 0.6 is 0 Å². The van der Waals surface area contributed by atoms with Gasteiger partial charge in [0, 0.05) is 5.92 Å². The summed E-state index contributed by atoms with van der Waals surface area (Å²) >= 11 is 0. The Morgan fingerprint density at radius 3 is 1.64 bits per heavy atom. The molecule has 2 aromatic carbocycles. The molecule has 0 atom stereocenters. The molecule has 1 aliphatic rings. The molecule has 0 aromatic heterocycles. The van der Waals surface area contributed by atoms with Crippen LogP contribution in [0.5, 0.6) is 0 Å². The first-order valence-electron chi connectivity index (χ1n) is 5.06. The van der Waals surface area contributed by atoms with Crippen molar-refractivity contribution in [1.29, 1.82) is 0 Å². The maximum absolute atomic E-state index is 2.28. The van der Waals surface area contributed by atoms with Crippen LogP contribution in [0.1, 0.15) is 24.0 Å². The van der Waals surface area contributed by atoms with E-state index >= 15 is 0 Å². The minimum Gasteiger partial charge on any atom is -0.0619 e. The minimum atomic E-state index is 0.558. The highest BCUT2D eigenvalue weighted by Gasteiger charge is 2.23. The van der Waals surface area contributed by atoms with Crippen molar-refractivity contribution >= 4 is 0 Å². The molecule has 2 aromatic rings. The van der Waals surface area contributed by atoms with Crippen LogP contribution in [0.25, 0.3) is 11.1 Å². The van der Waals surface area contributed by atoms with Crippen molar-refractivity contribution in [3.63, 3.8) is 0 Å². The molecule has 0 bridgehead atoms. The number of fused-ring (bicyclic) bond motifs is 3. The van der Waals surface area contributed by atoms with Crippen molar-refractivity contribution in [2.24, 2.45) is 0 Å². The molecule has 0 radical (unpaired) electrons. The number of rotatable bonds is 0. The smallest absolute Gasteiger partial charge is 0.00733 e. The van der Waals surface area contributed by atoms with Gasteiger partial charge in [-0.2, -0.15) is 0 Å². The fraction of sp³-hybridized carbons (Fsp3) is 0.143. The number of hydrogen-bond donors (Lipinski definition) is 0. The Morgan fingerprint density at radius 2 is 1.14 bits per heavy atom. The molecule has 68 valence electrons. The average molecular weight is 180 g/mol. The lowest BCUT2D eigenvalue weighted by molar-refractivity contribution is 0.957. The maximum Gasteiger partial charge on any atom is 0.00733 e. The number of benzene rings is 2. The van der Waals surface area contributed by atoms with Gasteiger partial charge in [-0.05, 0) is 22.3 Å². The lowest BCUT2D eigenvalue weighted by atomic mass is 10.00. The molecule has 0 amide bonds. The van der Waals surface area contributed by atoms with E-state index in [-0.39, 0.29) is 0 Å². The molecule has 0 unspecified atom stereocenters. The molecule has 0 saturated heterocycles. The van der Waals surface area contributed by atoms with Crippen LogP contribution in [-0.2, 0) is 0 Å². The summed E-state index contributed by atoms with van der Waals surface area (Å²) in [6.07, 6.45) is 0. The average Bonchev–Trinajstić information content (AvgIpc) is 2.55. The highest BCUT2D eigenvalue weighted by Crippen LogP contribution is 2.43. The van der Waals surface area contributed by atoms with Gasteiger partial charge in [0.05, 0.1) is 0 Å². The fourth-order valence-electron chi connectivity index (χ4n) is 2.41. The molecular formula is C14H12. The van der Waals surface area contributed by atoms with Crippen LogP contribution in [-0.4, -0.2) is 0 Å². The first kappa shape index (κ1) is 7.81. The summed E-state index contributed by atoms with van der Waals surface area (Å²) in [6, 6.07) is 17.4. The van der Waals surface area contributed by atoms with Crippen LogP contribution in [0.4, 0.5) is 0 Å². The Hall–Kier alpha value is -1.56. The van der Waals surface area contributed by atoms with E-state index in [2.05, 4.69) is 55.5 Å². The summed E-state index contributed by atoms with van der Waals surface area (Å²) in [4.78, 5) is 0. The van der Waals surface area contributed by atoms with Gasteiger partial charge in [-0.25, -0.2) is 0 Å². The standard InChI is InChI=1S/C14H12/c1-10-11-6-2-4-8-13(11)14-9-5-3-7-12(10)14/h2-10H,1H3. The molecule has 0 spiro atoms. The molecule has 0 N–H and O–H groups in total. The third-order valence-corrected chi connectivity index (χ3v) is 3.14. The first-order valence-corrected chi connectivity index (χ1v) is 5.06. The lowest BCUT2D eigenvalue weighted by Crippen LogP contribution is -1.87. The predicted octanol–water partition coefficient (Wildman–Crippen LogP) is 3.82. The fourth-order valence-corrected chi connectivity index (χ4v) is 2.41. The molecule has 0 nitrogen and oxygen atoms in total. The van der Waals surface area contributed by atoms with E-state index in [0.717, 1.165) is 0 Å². The van der Waals surface area contributed by atoms with Gasteiger partial charge in [-0.1, -0.05) is 55.5 Å². The van der Waals surface area contributed by atoms with Gasteiger partial charge in [0.25, 0.3) is 0 Å². The van der Waals surface area contributed by atoms with Gasteiger partial charge in [-0.15, -0.1) is 0 Å². The van der Waals surface area contributed by atoms with Gasteiger partial charge in [0.15, 0.2) is 0 Å². The summed E-state index contributed by atoms with van der Waals surface area (Å²) in [6.45, 7) is 2.28. The second-order valence-electron chi connectivity index (χ2n) is 3.90. The summed E-state index contributed by atoms with van der Waals surface area (Å²) in [5, 5.41) is 0. The van der Waals surface area contributed by atoms with E-state index in [0.29, 0.717) is 5.92 Å². The summed E-state index contributed by atoms with van der Waals surface area (Å²) in [5.74, 6) is 0.558. The zero-order chi connectivity index (χ0) is 9.54. The topological polar surface area (TPSA) is 0 Å². The molecule has 3 rings (SSSR count). The largest absolute Gasteiger partial charge is 0.0619 e. The Balaban J connectivity index is 2.36. The van der Waals surface area contributed by atoms with Crippen LogP contribution < -0.4 is 0 Å². The van der Waals surface area contributed by atoms with E-state index in [1.165, 1.54) is 22.3 Å².